The van der Waals surface area contributed by atoms with Crippen LogP contribution in [-0.2, 0) is 32.3 Å². The zero-order chi connectivity index (χ0) is 28.1. The third kappa shape index (κ3) is 3.41. The Morgan fingerprint density at radius 3 is 1.62 bits per heavy atom. The number of benzene rings is 2. The number of hydrogen-bond acceptors (Lipinski definition) is 4. The highest BCUT2D eigenvalue weighted by Crippen LogP contribution is 2.72. The van der Waals surface area contributed by atoms with Crippen molar-refractivity contribution in [3.63, 3.8) is 0 Å². The minimum atomic E-state index is -0.811. The molecule has 8 rings (SSSR count). The van der Waals surface area contributed by atoms with Gasteiger partial charge >= 0.3 is 0 Å². The first-order chi connectivity index (χ1) is 19.1. The van der Waals surface area contributed by atoms with Gasteiger partial charge in [-0.1, -0.05) is 65.5 Å². The summed E-state index contributed by atoms with van der Waals surface area (Å²) in [6.45, 7) is 4.52. The summed E-state index contributed by atoms with van der Waals surface area (Å²) in [5.41, 5.74) is 3.03. The quantitative estimate of drug-likeness (QED) is 0.347. The van der Waals surface area contributed by atoms with Crippen molar-refractivity contribution in [3.05, 3.63) is 80.8 Å². The molecule has 7 atom stereocenters. The van der Waals surface area contributed by atoms with Crippen LogP contribution in [0.4, 0.5) is 0 Å². The first-order valence-corrected chi connectivity index (χ1v) is 14.8. The van der Waals surface area contributed by atoms with Gasteiger partial charge in [0.05, 0.1) is 36.8 Å². The molecule has 40 heavy (non-hydrogen) atoms. The van der Waals surface area contributed by atoms with Crippen molar-refractivity contribution >= 4 is 46.8 Å². The van der Waals surface area contributed by atoms with E-state index in [1.54, 1.807) is 24.3 Å². The molecule has 0 aromatic heterocycles. The number of amides is 4. The fourth-order valence-electron chi connectivity index (χ4n) is 8.94. The van der Waals surface area contributed by atoms with Crippen LogP contribution in [0, 0.1) is 40.9 Å². The Morgan fingerprint density at radius 2 is 1.18 bits per heavy atom. The molecule has 4 aliphatic carbocycles. The Balaban J connectivity index is 1.32. The zero-order valence-corrected chi connectivity index (χ0v) is 23.9. The van der Waals surface area contributed by atoms with E-state index in [0.717, 1.165) is 35.1 Å². The second kappa shape index (κ2) is 9.02. The van der Waals surface area contributed by atoms with Crippen molar-refractivity contribution in [2.24, 2.45) is 40.9 Å². The number of allylic oxidation sites excluding steroid dienone is 2. The molecule has 6 nitrogen and oxygen atoms in total. The average molecular weight is 578 g/mol. The predicted octanol–water partition coefficient (Wildman–Crippen LogP) is 5.66. The van der Waals surface area contributed by atoms with Crippen LogP contribution in [-0.4, -0.2) is 33.4 Å². The van der Waals surface area contributed by atoms with Crippen molar-refractivity contribution in [3.8, 4) is 0 Å². The van der Waals surface area contributed by atoms with E-state index in [0.29, 0.717) is 16.5 Å². The van der Waals surface area contributed by atoms with Crippen molar-refractivity contribution < 1.29 is 19.2 Å². The smallest absolute Gasteiger partial charge is 0.234 e. The lowest BCUT2D eigenvalue weighted by Gasteiger charge is -2.61. The van der Waals surface area contributed by atoms with E-state index in [9.17, 15) is 19.2 Å². The van der Waals surface area contributed by atoms with Crippen LogP contribution in [0.15, 0.2) is 59.7 Å². The molecule has 0 radical (unpaired) electrons. The molecule has 2 saturated carbocycles. The molecular weight excluding hydrogens is 547 g/mol. The van der Waals surface area contributed by atoms with Gasteiger partial charge in [0, 0.05) is 21.4 Å². The molecule has 4 fully saturated rings. The molecule has 206 valence electrons. The Kier molecular flexibility index (Phi) is 5.86. The standard InChI is InChI=1S/C32H30Cl2N2O4/c1-16-3-12-22-17(2)23-24-26(30(39)35(28(24)37)14-18-4-8-20(33)9-5-18)32(22,13-16)27-25(23)29(38)36(31(27)40)15-19-6-10-21(34)11-7-19/h4-11,16,23-27H,3,12-15H2,1-2H3/t16-,23?,24-,25+,26+,27-,32?/m0/s1. The second-order valence-electron chi connectivity index (χ2n) is 12.4. The minimum absolute atomic E-state index is 0.161. The zero-order valence-electron chi connectivity index (χ0n) is 22.4. The predicted molar refractivity (Wildman–Crippen MR) is 150 cm³/mol. The van der Waals surface area contributed by atoms with E-state index >= 15 is 0 Å². The summed E-state index contributed by atoms with van der Waals surface area (Å²) in [4.78, 5) is 59.6. The van der Waals surface area contributed by atoms with Crippen LogP contribution in [0.1, 0.15) is 44.2 Å². The minimum Gasteiger partial charge on any atom is -0.278 e. The molecule has 6 aliphatic rings. The largest absolute Gasteiger partial charge is 0.278 e. The van der Waals surface area contributed by atoms with Crippen LogP contribution in [0.2, 0.25) is 10.0 Å². The lowest BCUT2D eigenvalue weighted by molar-refractivity contribution is -0.154. The van der Waals surface area contributed by atoms with Crippen molar-refractivity contribution in [1.29, 1.82) is 0 Å². The lowest BCUT2D eigenvalue weighted by atomic mass is 9.39. The van der Waals surface area contributed by atoms with E-state index in [2.05, 4.69) is 6.92 Å². The fraction of sp³-hybridized carbons (Fsp3) is 0.438. The summed E-state index contributed by atoms with van der Waals surface area (Å²) in [6, 6.07) is 14.3. The van der Waals surface area contributed by atoms with Gasteiger partial charge in [-0.15, -0.1) is 0 Å². The van der Waals surface area contributed by atoms with Gasteiger partial charge in [0.15, 0.2) is 0 Å². The second-order valence-corrected chi connectivity index (χ2v) is 13.2. The number of halogens is 2. The highest BCUT2D eigenvalue weighted by molar-refractivity contribution is 6.30. The first kappa shape index (κ1) is 26.0. The van der Waals surface area contributed by atoms with Gasteiger partial charge in [-0.3, -0.25) is 29.0 Å². The van der Waals surface area contributed by atoms with Crippen molar-refractivity contribution in [1.82, 2.24) is 9.80 Å². The molecule has 2 unspecified atom stereocenters. The van der Waals surface area contributed by atoms with Gasteiger partial charge < -0.3 is 0 Å². The number of imide groups is 2. The Morgan fingerprint density at radius 1 is 0.725 bits per heavy atom. The molecule has 2 aliphatic heterocycles. The molecule has 2 heterocycles. The van der Waals surface area contributed by atoms with Crippen LogP contribution in [0.25, 0.3) is 0 Å². The normalized spacial score (nSPS) is 34.5. The molecule has 2 aromatic rings. The number of carbonyl (C=O) groups is 4. The number of hydrogen-bond donors (Lipinski definition) is 0. The van der Waals surface area contributed by atoms with Gasteiger partial charge in [-0.05, 0) is 67.5 Å². The number of carbonyl (C=O) groups excluding carboxylic acids is 4. The van der Waals surface area contributed by atoms with E-state index in [1.165, 1.54) is 9.80 Å². The summed E-state index contributed by atoms with van der Waals surface area (Å²) in [6.07, 6.45) is 2.41. The van der Waals surface area contributed by atoms with E-state index in [-0.39, 0.29) is 42.6 Å². The molecule has 2 saturated heterocycles. The number of nitrogens with zero attached hydrogens (tertiary/aromatic N) is 2. The Hall–Kier alpha value is -2.96. The Labute approximate surface area is 243 Å². The molecule has 2 bridgehead atoms. The molecule has 1 spiro atoms. The maximum absolute atomic E-state index is 14.3. The Bertz CT molecular complexity index is 1410. The van der Waals surface area contributed by atoms with E-state index in [4.69, 9.17) is 23.2 Å². The summed E-state index contributed by atoms with van der Waals surface area (Å²) in [7, 11) is 0. The van der Waals surface area contributed by atoms with Gasteiger partial charge in [0.1, 0.15) is 0 Å². The third-order valence-electron chi connectivity index (χ3n) is 10.4. The maximum Gasteiger partial charge on any atom is 0.234 e. The molecule has 4 amide bonds. The highest BCUT2D eigenvalue weighted by atomic mass is 35.5. The summed E-state index contributed by atoms with van der Waals surface area (Å²) in [5.74, 6) is -3.51. The third-order valence-corrected chi connectivity index (χ3v) is 10.9. The van der Waals surface area contributed by atoms with Crippen LogP contribution >= 0.6 is 23.2 Å². The van der Waals surface area contributed by atoms with Gasteiger partial charge in [0.2, 0.25) is 23.6 Å². The number of rotatable bonds is 4. The van der Waals surface area contributed by atoms with Crippen molar-refractivity contribution in [2.45, 2.75) is 46.2 Å². The van der Waals surface area contributed by atoms with Crippen LogP contribution < -0.4 is 0 Å². The maximum atomic E-state index is 14.3. The first-order valence-electron chi connectivity index (χ1n) is 14.0. The molecule has 0 N–H and O–H groups in total. The molecule has 2 aromatic carbocycles. The topological polar surface area (TPSA) is 74.8 Å². The van der Waals surface area contributed by atoms with Gasteiger partial charge in [-0.25, -0.2) is 0 Å². The monoisotopic (exact) mass is 576 g/mol. The summed E-state index contributed by atoms with van der Waals surface area (Å²) >= 11 is 12.1. The van der Waals surface area contributed by atoms with E-state index < -0.39 is 35.0 Å². The van der Waals surface area contributed by atoms with Gasteiger partial charge in [-0.2, -0.15) is 0 Å². The van der Waals surface area contributed by atoms with Gasteiger partial charge in [0.25, 0.3) is 0 Å². The molecular formula is C32H30Cl2N2O4. The summed E-state index contributed by atoms with van der Waals surface area (Å²) in [5, 5.41) is 1.17. The van der Waals surface area contributed by atoms with Crippen molar-refractivity contribution in [2.75, 3.05) is 0 Å². The van der Waals surface area contributed by atoms with Crippen LogP contribution in [0.3, 0.4) is 0 Å². The number of likely N-dealkylation sites (tertiary alicyclic amines) is 2. The molecule has 8 heteroatoms. The van der Waals surface area contributed by atoms with Crippen LogP contribution in [0.5, 0.6) is 0 Å². The summed E-state index contributed by atoms with van der Waals surface area (Å²) < 4.78 is 0. The SMILES string of the molecule is CC1=C2CC[C@H](C)CC23[C@@H]2C(=O)N(Cc4ccc(Cl)cc4)C(=O)[C@@H]2C1[C@@H]1C(=O)N(Cc2ccc(Cl)cc2)C(=O)[C@@H]13. The van der Waals surface area contributed by atoms with E-state index in [1.807, 2.05) is 31.2 Å². The fourth-order valence-corrected chi connectivity index (χ4v) is 9.19. The highest BCUT2D eigenvalue weighted by Gasteiger charge is 2.77. The average Bonchev–Trinajstić information content (AvgIpc) is 3.33. The lowest BCUT2D eigenvalue weighted by Crippen LogP contribution is -2.62.